The number of halogens is 1. The van der Waals surface area contributed by atoms with Gasteiger partial charge in [-0.15, -0.1) is 0 Å². The minimum absolute atomic E-state index is 0.0706. The van der Waals surface area contributed by atoms with Gasteiger partial charge in [0.25, 0.3) is 5.91 Å². The van der Waals surface area contributed by atoms with Crippen molar-refractivity contribution in [3.63, 3.8) is 0 Å². The first-order valence-corrected chi connectivity index (χ1v) is 7.83. The molecule has 2 rings (SSSR count). The van der Waals surface area contributed by atoms with E-state index in [4.69, 9.17) is 5.11 Å². The van der Waals surface area contributed by atoms with Gasteiger partial charge < -0.3 is 10.0 Å². The molecule has 108 valence electrons. The highest BCUT2D eigenvalue weighted by molar-refractivity contribution is 14.1. The molecule has 1 fully saturated rings. The summed E-state index contributed by atoms with van der Waals surface area (Å²) in [4.78, 5) is 25.1. The highest BCUT2D eigenvalue weighted by atomic mass is 127. The molecular weight excluding hydrogens is 369 g/mol. The Morgan fingerprint density at radius 3 is 2.55 bits per heavy atom. The molecule has 0 spiro atoms. The van der Waals surface area contributed by atoms with Crippen LogP contribution in [0.15, 0.2) is 18.2 Å². The Labute approximate surface area is 132 Å². The molecular formula is C15H18INO3. The quantitative estimate of drug-likeness (QED) is 0.812. The van der Waals surface area contributed by atoms with Gasteiger partial charge in [-0.1, -0.05) is 12.1 Å². The van der Waals surface area contributed by atoms with Gasteiger partial charge in [-0.25, -0.2) is 0 Å². The van der Waals surface area contributed by atoms with Crippen LogP contribution in [0.25, 0.3) is 0 Å². The minimum atomic E-state index is -0.747. The highest BCUT2D eigenvalue weighted by Crippen LogP contribution is 2.24. The fourth-order valence-corrected chi connectivity index (χ4v) is 3.51. The van der Waals surface area contributed by atoms with Crippen LogP contribution in [0.1, 0.15) is 35.2 Å². The van der Waals surface area contributed by atoms with E-state index in [0.29, 0.717) is 13.1 Å². The summed E-state index contributed by atoms with van der Waals surface area (Å²) in [7, 11) is 0. The molecule has 1 aromatic rings. The molecule has 1 aliphatic rings. The van der Waals surface area contributed by atoms with Crippen LogP contribution in [0.5, 0.6) is 0 Å². The maximum absolute atomic E-state index is 12.6. The summed E-state index contributed by atoms with van der Waals surface area (Å²) < 4.78 is 0.972. The van der Waals surface area contributed by atoms with Crippen molar-refractivity contribution in [2.24, 2.45) is 5.92 Å². The fourth-order valence-electron chi connectivity index (χ4n) is 2.65. The van der Waals surface area contributed by atoms with Crippen LogP contribution in [-0.2, 0) is 4.79 Å². The average Bonchev–Trinajstić information content (AvgIpc) is 2.38. The molecule has 1 saturated heterocycles. The van der Waals surface area contributed by atoms with Crippen molar-refractivity contribution < 1.29 is 14.7 Å². The van der Waals surface area contributed by atoms with Crippen molar-refractivity contribution in [3.05, 3.63) is 32.9 Å². The van der Waals surface area contributed by atoms with Crippen LogP contribution in [0.2, 0.25) is 0 Å². The molecule has 1 amide bonds. The van der Waals surface area contributed by atoms with Gasteiger partial charge in [0.2, 0.25) is 0 Å². The second kappa shape index (κ2) is 6.56. The SMILES string of the molecule is Cc1cccc(I)c1C(=O)N1CCC(CC(=O)O)CC1. The molecule has 0 unspecified atom stereocenters. The standard InChI is InChI=1S/C15H18INO3/c1-10-3-2-4-12(16)14(10)15(20)17-7-5-11(6-8-17)9-13(18)19/h2-4,11H,5-9H2,1H3,(H,18,19). The molecule has 1 heterocycles. The number of benzene rings is 1. The van der Waals surface area contributed by atoms with E-state index in [0.717, 1.165) is 27.5 Å². The summed E-state index contributed by atoms with van der Waals surface area (Å²) in [6.07, 6.45) is 1.77. The van der Waals surface area contributed by atoms with Gasteiger partial charge in [0.05, 0.1) is 5.56 Å². The topological polar surface area (TPSA) is 57.6 Å². The van der Waals surface area contributed by atoms with E-state index in [-0.39, 0.29) is 18.2 Å². The first-order chi connectivity index (χ1) is 9.49. The van der Waals surface area contributed by atoms with Crippen molar-refractivity contribution in [1.29, 1.82) is 0 Å². The average molecular weight is 387 g/mol. The number of aliphatic carboxylic acids is 1. The Kier molecular flexibility index (Phi) is 5.01. The molecule has 0 aliphatic carbocycles. The molecule has 1 N–H and O–H groups in total. The summed E-state index contributed by atoms with van der Waals surface area (Å²) in [5, 5.41) is 8.81. The lowest BCUT2D eigenvalue weighted by molar-refractivity contribution is -0.138. The van der Waals surface area contributed by atoms with E-state index < -0.39 is 5.97 Å². The number of hydrogen-bond acceptors (Lipinski definition) is 2. The maximum atomic E-state index is 12.6. The Balaban J connectivity index is 2.04. The Bertz CT molecular complexity index is 502. The zero-order valence-corrected chi connectivity index (χ0v) is 13.6. The normalized spacial score (nSPS) is 16.2. The molecule has 20 heavy (non-hydrogen) atoms. The van der Waals surface area contributed by atoms with Gasteiger partial charge >= 0.3 is 5.97 Å². The summed E-state index contributed by atoms with van der Waals surface area (Å²) in [5.41, 5.74) is 1.78. The van der Waals surface area contributed by atoms with Crippen LogP contribution >= 0.6 is 22.6 Å². The molecule has 0 atom stereocenters. The predicted molar refractivity (Wildman–Crippen MR) is 84.8 cm³/mol. The van der Waals surface area contributed by atoms with Gasteiger partial charge in [-0.05, 0) is 59.9 Å². The predicted octanol–water partition coefficient (Wildman–Crippen LogP) is 2.93. The molecule has 0 aromatic heterocycles. The number of carbonyl (C=O) groups excluding carboxylic acids is 1. The zero-order chi connectivity index (χ0) is 14.7. The molecule has 1 aromatic carbocycles. The molecule has 1 aliphatic heterocycles. The van der Waals surface area contributed by atoms with Crippen molar-refractivity contribution in [2.75, 3.05) is 13.1 Å². The third kappa shape index (κ3) is 3.50. The van der Waals surface area contributed by atoms with Crippen LogP contribution in [0.3, 0.4) is 0 Å². The highest BCUT2D eigenvalue weighted by Gasteiger charge is 2.26. The van der Waals surface area contributed by atoms with Crippen molar-refractivity contribution >= 4 is 34.5 Å². The largest absolute Gasteiger partial charge is 0.481 e. The van der Waals surface area contributed by atoms with Crippen LogP contribution in [-0.4, -0.2) is 35.0 Å². The summed E-state index contributed by atoms with van der Waals surface area (Å²) in [5.74, 6) is -0.475. The third-order valence-electron chi connectivity index (χ3n) is 3.80. The van der Waals surface area contributed by atoms with E-state index in [9.17, 15) is 9.59 Å². The zero-order valence-electron chi connectivity index (χ0n) is 11.4. The number of carboxylic acids is 1. The number of likely N-dealkylation sites (tertiary alicyclic amines) is 1. The van der Waals surface area contributed by atoms with Gasteiger partial charge in [0, 0.05) is 23.1 Å². The van der Waals surface area contributed by atoms with Gasteiger partial charge in [-0.3, -0.25) is 9.59 Å². The number of amides is 1. The lowest BCUT2D eigenvalue weighted by Gasteiger charge is -2.32. The van der Waals surface area contributed by atoms with Crippen LogP contribution < -0.4 is 0 Å². The van der Waals surface area contributed by atoms with Crippen LogP contribution in [0, 0.1) is 16.4 Å². The van der Waals surface area contributed by atoms with E-state index in [1.807, 2.05) is 30.0 Å². The van der Waals surface area contributed by atoms with Gasteiger partial charge in [0.15, 0.2) is 0 Å². The fraction of sp³-hybridized carbons (Fsp3) is 0.467. The number of rotatable bonds is 3. The number of piperidine rings is 1. The van der Waals surface area contributed by atoms with Crippen LogP contribution in [0.4, 0.5) is 0 Å². The number of carbonyl (C=O) groups is 2. The second-order valence-electron chi connectivity index (χ2n) is 5.27. The maximum Gasteiger partial charge on any atom is 0.303 e. The van der Waals surface area contributed by atoms with E-state index in [2.05, 4.69) is 22.6 Å². The van der Waals surface area contributed by atoms with Crippen molar-refractivity contribution in [2.45, 2.75) is 26.2 Å². The number of nitrogens with zero attached hydrogens (tertiary/aromatic N) is 1. The van der Waals surface area contributed by atoms with E-state index in [1.165, 1.54) is 0 Å². The second-order valence-corrected chi connectivity index (χ2v) is 6.43. The number of aryl methyl sites for hydroxylation is 1. The van der Waals surface area contributed by atoms with Gasteiger partial charge in [-0.2, -0.15) is 0 Å². The monoisotopic (exact) mass is 387 g/mol. The molecule has 0 saturated carbocycles. The summed E-state index contributed by atoms with van der Waals surface area (Å²) in [6.45, 7) is 3.26. The minimum Gasteiger partial charge on any atom is -0.481 e. The first kappa shape index (κ1) is 15.3. The molecule has 5 heteroatoms. The van der Waals surface area contributed by atoms with Crippen molar-refractivity contribution in [3.8, 4) is 0 Å². The lowest BCUT2D eigenvalue weighted by atomic mass is 9.93. The molecule has 0 bridgehead atoms. The smallest absolute Gasteiger partial charge is 0.303 e. The summed E-state index contributed by atoms with van der Waals surface area (Å²) in [6, 6.07) is 5.84. The summed E-state index contributed by atoms with van der Waals surface area (Å²) >= 11 is 2.19. The Morgan fingerprint density at radius 2 is 2.00 bits per heavy atom. The van der Waals surface area contributed by atoms with Crippen molar-refractivity contribution in [1.82, 2.24) is 4.90 Å². The van der Waals surface area contributed by atoms with Gasteiger partial charge in [0.1, 0.15) is 0 Å². The van der Waals surface area contributed by atoms with E-state index in [1.54, 1.807) is 0 Å². The van der Waals surface area contributed by atoms with E-state index >= 15 is 0 Å². The molecule has 4 nitrogen and oxygen atoms in total. The third-order valence-corrected chi connectivity index (χ3v) is 4.70. The molecule has 0 radical (unpaired) electrons. The Hall–Kier alpha value is -1.11. The number of hydrogen-bond donors (Lipinski definition) is 1. The Morgan fingerprint density at radius 1 is 1.35 bits per heavy atom. The number of carboxylic acid groups (broad SMARTS) is 1. The first-order valence-electron chi connectivity index (χ1n) is 6.75. The lowest BCUT2D eigenvalue weighted by Crippen LogP contribution is -2.39.